The molecular weight excluding hydrogens is 229 g/mol. The molecule has 18 heavy (non-hydrogen) atoms. The minimum Gasteiger partial charge on any atom is -0.492 e. The van der Waals surface area contributed by atoms with Crippen LogP contribution >= 0.6 is 0 Å². The average molecular weight is 249 g/mol. The third kappa shape index (κ3) is 4.01. The van der Waals surface area contributed by atoms with Crippen molar-refractivity contribution in [2.45, 2.75) is 19.3 Å². The van der Waals surface area contributed by atoms with Crippen LogP contribution in [-0.2, 0) is 0 Å². The van der Waals surface area contributed by atoms with Crippen LogP contribution in [0, 0.1) is 0 Å². The molecule has 1 aliphatic heterocycles. The van der Waals surface area contributed by atoms with E-state index < -0.39 is 7.12 Å². The van der Waals surface area contributed by atoms with Gasteiger partial charge in [0.05, 0.1) is 0 Å². The van der Waals surface area contributed by atoms with Crippen LogP contribution in [0.25, 0.3) is 0 Å². The van der Waals surface area contributed by atoms with Gasteiger partial charge in [0.25, 0.3) is 0 Å². The van der Waals surface area contributed by atoms with Crippen molar-refractivity contribution >= 4 is 12.6 Å². The Hall–Kier alpha value is -1.04. The van der Waals surface area contributed by atoms with Crippen LogP contribution in [0.5, 0.6) is 5.75 Å². The van der Waals surface area contributed by atoms with Crippen molar-refractivity contribution < 1.29 is 14.8 Å². The summed E-state index contributed by atoms with van der Waals surface area (Å²) in [5.41, 5.74) is 0.485. The summed E-state index contributed by atoms with van der Waals surface area (Å²) in [4.78, 5) is 2.43. The summed E-state index contributed by atoms with van der Waals surface area (Å²) in [5.74, 6) is 0.774. The van der Waals surface area contributed by atoms with Crippen molar-refractivity contribution in [2.75, 3.05) is 26.2 Å². The molecule has 0 spiro atoms. The zero-order valence-corrected chi connectivity index (χ0v) is 10.6. The molecule has 0 aliphatic carbocycles. The SMILES string of the molecule is OB(O)c1ccc(OCCN2CCCCC2)cc1. The van der Waals surface area contributed by atoms with E-state index in [9.17, 15) is 0 Å². The first-order chi connectivity index (χ1) is 8.75. The molecule has 1 aromatic rings. The highest BCUT2D eigenvalue weighted by atomic mass is 16.5. The van der Waals surface area contributed by atoms with Crippen molar-refractivity contribution in [2.24, 2.45) is 0 Å². The molecule has 0 saturated carbocycles. The monoisotopic (exact) mass is 249 g/mol. The van der Waals surface area contributed by atoms with Gasteiger partial charge in [0, 0.05) is 6.54 Å². The molecule has 4 nitrogen and oxygen atoms in total. The molecule has 0 aromatic heterocycles. The van der Waals surface area contributed by atoms with Gasteiger partial charge < -0.3 is 14.8 Å². The van der Waals surface area contributed by atoms with Crippen molar-refractivity contribution in [3.8, 4) is 5.75 Å². The van der Waals surface area contributed by atoms with Crippen LogP contribution < -0.4 is 10.2 Å². The molecule has 2 rings (SSSR count). The second-order valence-corrected chi connectivity index (χ2v) is 4.69. The molecule has 1 saturated heterocycles. The Kier molecular flexibility index (Phi) is 5.05. The number of benzene rings is 1. The molecule has 98 valence electrons. The maximum absolute atomic E-state index is 8.97. The van der Waals surface area contributed by atoms with Crippen LogP contribution in [0.2, 0.25) is 0 Å². The number of rotatable bonds is 5. The molecule has 1 heterocycles. The first-order valence-corrected chi connectivity index (χ1v) is 6.57. The van der Waals surface area contributed by atoms with Crippen molar-refractivity contribution in [3.63, 3.8) is 0 Å². The molecule has 0 unspecified atom stereocenters. The highest BCUT2D eigenvalue weighted by Gasteiger charge is 2.11. The second-order valence-electron chi connectivity index (χ2n) is 4.69. The molecular formula is C13H20BNO3. The van der Waals surface area contributed by atoms with Crippen LogP contribution in [0.1, 0.15) is 19.3 Å². The van der Waals surface area contributed by atoms with Gasteiger partial charge in [0.15, 0.2) is 0 Å². The summed E-state index contributed by atoms with van der Waals surface area (Å²) >= 11 is 0. The summed E-state index contributed by atoms with van der Waals surface area (Å²) in [6, 6.07) is 6.87. The maximum Gasteiger partial charge on any atom is 0.488 e. The summed E-state index contributed by atoms with van der Waals surface area (Å²) in [6.45, 7) is 4.00. The van der Waals surface area contributed by atoms with E-state index in [2.05, 4.69) is 4.90 Å². The fraction of sp³-hybridized carbons (Fsp3) is 0.538. The lowest BCUT2D eigenvalue weighted by molar-refractivity contribution is 0.183. The first kappa shape index (κ1) is 13.4. The molecule has 0 atom stereocenters. The average Bonchev–Trinajstić information content (AvgIpc) is 2.40. The van der Waals surface area contributed by atoms with Gasteiger partial charge >= 0.3 is 7.12 Å². The molecule has 1 aromatic carbocycles. The highest BCUT2D eigenvalue weighted by molar-refractivity contribution is 6.58. The number of ether oxygens (including phenoxy) is 1. The molecule has 0 radical (unpaired) electrons. The lowest BCUT2D eigenvalue weighted by Crippen LogP contribution is -2.33. The third-order valence-electron chi connectivity index (χ3n) is 3.30. The number of nitrogens with zero attached hydrogens (tertiary/aromatic N) is 1. The topological polar surface area (TPSA) is 52.9 Å². The molecule has 2 N–H and O–H groups in total. The van der Waals surface area contributed by atoms with E-state index >= 15 is 0 Å². The largest absolute Gasteiger partial charge is 0.492 e. The second kappa shape index (κ2) is 6.78. The van der Waals surface area contributed by atoms with Crippen molar-refractivity contribution in [1.82, 2.24) is 4.90 Å². The summed E-state index contributed by atoms with van der Waals surface area (Å²) in [5, 5.41) is 17.9. The Bertz CT molecular complexity index is 350. The smallest absolute Gasteiger partial charge is 0.488 e. The molecule has 1 fully saturated rings. The highest BCUT2D eigenvalue weighted by Crippen LogP contribution is 2.10. The van der Waals surface area contributed by atoms with Gasteiger partial charge in [-0.05, 0) is 43.5 Å². The predicted molar refractivity (Wildman–Crippen MR) is 72.1 cm³/mol. The Labute approximate surface area is 108 Å². The van der Waals surface area contributed by atoms with Gasteiger partial charge in [-0.1, -0.05) is 18.6 Å². The standard InChI is InChI=1S/C13H20BNO3/c16-14(17)12-4-6-13(7-5-12)18-11-10-15-8-2-1-3-9-15/h4-7,16-17H,1-3,8-11H2. The lowest BCUT2D eigenvalue weighted by atomic mass is 9.80. The summed E-state index contributed by atoms with van der Waals surface area (Å²) < 4.78 is 5.64. The van der Waals surface area contributed by atoms with Gasteiger partial charge in [-0.25, -0.2) is 0 Å². The Morgan fingerprint density at radius 1 is 1.06 bits per heavy atom. The fourth-order valence-electron chi connectivity index (χ4n) is 2.21. The van der Waals surface area contributed by atoms with Crippen molar-refractivity contribution in [1.29, 1.82) is 0 Å². The zero-order valence-electron chi connectivity index (χ0n) is 10.6. The van der Waals surface area contributed by atoms with Crippen LogP contribution in [0.4, 0.5) is 0 Å². The van der Waals surface area contributed by atoms with Gasteiger partial charge in [0.2, 0.25) is 0 Å². The molecule has 1 aliphatic rings. The summed E-state index contributed by atoms with van der Waals surface area (Å²) in [7, 11) is -1.41. The first-order valence-electron chi connectivity index (χ1n) is 6.57. The normalized spacial score (nSPS) is 16.6. The van der Waals surface area contributed by atoms with Gasteiger partial charge in [-0.15, -0.1) is 0 Å². The van der Waals surface area contributed by atoms with E-state index in [1.807, 2.05) is 0 Å². The number of likely N-dealkylation sites (tertiary alicyclic amines) is 1. The maximum atomic E-state index is 8.97. The number of hydrogen-bond acceptors (Lipinski definition) is 4. The Morgan fingerprint density at radius 2 is 1.72 bits per heavy atom. The van der Waals surface area contributed by atoms with E-state index in [4.69, 9.17) is 14.8 Å². The van der Waals surface area contributed by atoms with Crippen molar-refractivity contribution in [3.05, 3.63) is 24.3 Å². The third-order valence-corrected chi connectivity index (χ3v) is 3.30. The van der Waals surface area contributed by atoms with E-state index in [1.54, 1.807) is 24.3 Å². The molecule has 0 bridgehead atoms. The minimum absolute atomic E-state index is 0.485. The van der Waals surface area contributed by atoms with Crippen LogP contribution in [0.3, 0.4) is 0 Å². The quantitative estimate of drug-likeness (QED) is 0.733. The number of hydrogen-bond donors (Lipinski definition) is 2. The van der Waals surface area contributed by atoms with E-state index in [-0.39, 0.29) is 0 Å². The van der Waals surface area contributed by atoms with Crippen LogP contribution in [0.15, 0.2) is 24.3 Å². The van der Waals surface area contributed by atoms with Gasteiger partial charge in [-0.3, -0.25) is 4.90 Å². The molecule has 5 heteroatoms. The van der Waals surface area contributed by atoms with Crippen LogP contribution in [-0.4, -0.2) is 48.3 Å². The lowest BCUT2D eigenvalue weighted by Gasteiger charge is -2.26. The minimum atomic E-state index is -1.41. The molecule has 0 amide bonds. The zero-order chi connectivity index (χ0) is 12.8. The Morgan fingerprint density at radius 3 is 2.33 bits per heavy atom. The fourth-order valence-corrected chi connectivity index (χ4v) is 2.21. The Balaban J connectivity index is 1.72. The van der Waals surface area contributed by atoms with E-state index in [0.717, 1.165) is 12.3 Å². The van der Waals surface area contributed by atoms with Gasteiger partial charge in [0.1, 0.15) is 12.4 Å². The number of piperidine rings is 1. The van der Waals surface area contributed by atoms with E-state index in [1.165, 1.54) is 32.4 Å². The predicted octanol–water partition coefficient (Wildman–Crippen LogP) is 0.231. The van der Waals surface area contributed by atoms with Gasteiger partial charge in [-0.2, -0.15) is 0 Å². The summed E-state index contributed by atoms with van der Waals surface area (Å²) in [6.07, 6.45) is 3.94. The van der Waals surface area contributed by atoms with E-state index in [0.29, 0.717) is 12.1 Å².